The molecule has 0 rings (SSSR count). The van der Waals surface area contributed by atoms with E-state index < -0.39 is 0 Å². The maximum Gasteiger partial charge on any atom is 0.00902 e. The van der Waals surface area contributed by atoms with Crippen LogP contribution in [0.3, 0.4) is 0 Å². The first-order chi connectivity index (χ1) is 6.26. The minimum atomic E-state index is 0.724. The number of hydrogen-bond donors (Lipinski definition) is 1. The van der Waals surface area contributed by atoms with Gasteiger partial charge in [0.15, 0.2) is 0 Å². The van der Waals surface area contributed by atoms with Gasteiger partial charge < -0.3 is 5.32 Å². The Kier molecular flexibility index (Phi) is 9.10. The second-order valence-corrected chi connectivity index (χ2v) is 4.93. The lowest BCUT2D eigenvalue weighted by Crippen LogP contribution is -2.34. The highest BCUT2D eigenvalue weighted by Crippen LogP contribution is 2.14. The molecule has 0 aliphatic heterocycles. The first-order valence-corrected chi connectivity index (χ1v) is 6.72. The minimum Gasteiger partial charge on any atom is -0.314 e. The highest BCUT2D eigenvalue weighted by Gasteiger charge is 2.13. The molecule has 0 aromatic heterocycles. The van der Waals surface area contributed by atoms with Crippen LogP contribution >= 0.6 is 11.8 Å². The third-order valence-corrected chi connectivity index (χ3v) is 3.45. The molecule has 0 aromatic rings. The van der Waals surface area contributed by atoms with Gasteiger partial charge in [-0.05, 0) is 36.8 Å². The van der Waals surface area contributed by atoms with E-state index in [2.05, 4.69) is 44.8 Å². The van der Waals surface area contributed by atoms with E-state index in [1.807, 2.05) is 0 Å². The van der Waals surface area contributed by atoms with Crippen molar-refractivity contribution in [2.24, 2.45) is 5.92 Å². The maximum atomic E-state index is 3.55. The Bertz CT molecular complexity index is 106. The zero-order chi connectivity index (χ0) is 10.1. The Morgan fingerprint density at radius 1 is 1.23 bits per heavy atom. The fraction of sp³-hybridized carbons (Fsp3) is 1.00. The minimum absolute atomic E-state index is 0.724. The van der Waals surface area contributed by atoms with Crippen molar-refractivity contribution in [1.82, 2.24) is 5.32 Å². The van der Waals surface area contributed by atoms with Crippen LogP contribution in [-0.2, 0) is 0 Å². The highest BCUT2D eigenvalue weighted by molar-refractivity contribution is 7.99. The van der Waals surface area contributed by atoms with Gasteiger partial charge in [0, 0.05) is 6.04 Å². The average Bonchev–Trinajstić information content (AvgIpc) is 2.14. The van der Waals surface area contributed by atoms with E-state index in [9.17, 15) is 0 Å². The molecule has 0 aliphatic rings. The predicted octanol–water partition coefficient (Wildman–Crippen LogP) is 3.15. The van der Waals surface area contributed by atoms with E-state index in [1.165, 1.54) is 24.3 Å². The van der Waals surface area contributed by atoms with Crippen molar-refractivity contribution in [3.05, 3.63) is 0 Å². The molecule has 2 atom stereocenters. The van der Waals surface area contributed by atoms with Crippen molar-refractivity contribution in [3.63, 3.8) is 0 Å². The number of nitrogens with one attached hydrogen (secondary N) is 1. The van der Waals surface area contributed by atoms with E-state index in [0.717, 1.165) is 18.5 Å². The summed E-state index contributed by atoms with van der Waals surface area (Å²) in [6.07, 6.45) is 2.61. The van der Waals surface area contributed by atoms with Gasteiger partial charge in [-0.25, -0.2) is 0 Å². The van der Waals surface area contributed by atoms with Crippen LogP contribution in [0.2, 0.25) is 0 Å². The van der Waals surface area contributed by atoms with Gasteiger partial charge in [0.05, 0.1) is 0 Å². The van der Waals surface area contributed by atoms with Crippen molar-refractivity contribution < 1.29 is 0 Å². The van der Waals surface area contributed by atoms with Crippen LogP contribution in [0.1, 0.15) is 40.5 Å². The van der Waals surface area contributed by atoms with Crippen LogP contribution in [0.5, 0.6) is 0 Å². The Morgan fingerprint density at radius 3 is 2.38 bits per heavy atom. The molecule has 2 unspecified atom stereocenters. The topological polar surface area (TPSA) is 12.0 Å². The quantitative estimate of drug-likeness (QED) is 0.608. The van der Waals surface area contributed by atoms with Gasteiger partial charge in [-0.1, -0.05) is 27.7 Å². The predicted molar refractivity (Wildman–Crippen MR) is 64.5 cm³/mol. The van der Waals surface area contributed by atoms with Crippen molar-refractivity contribution in [1.29, 1.82) is 0 Å². The van der Waals surface area contributed by atoms with Crippen molar-refractivity contribution in [2.75, 3.05) is 18.1 Å². The first kappa shape index (κ1) is 13.3. The van der Waals surface area contributed by atoms with Crippen LogP contribution in [0.15, 0.2) is 0 Å². The van der Waals surface area contributed by atoms with Gasteiger partial charge in [-0.15, -0.1) is 0 Å². The Labute approximate surface area is 88.1 Å². The normalized spacial score (nSPS) is 15.7. The van der Waals surface area contributed by atoms with Gasteiger partial charge in [0.1, 0.15) is 0 Å². The second-order valence-electron chi connectivity index (χ2n) is 3.54. The van der Waals surface area contributed by atoms with Gasteiger partial charge in [0.25, 0.3) is 0 Å². The lowest BCUT2D eigenvalue weighted by Gasteiger charge is -2.23. The maximum absolute atomic E-state index is 3.55. The fourth-order valence-corrected chi connectivity index (χ4v) is 2.45. The number of rotatable bonds is 8. The van der Waals surface area contributed by atoms with Crippen molar-refractivity contribution >= 4 is 11.8 Å². The summed E-state index contributed by atoms with van der Waals surface area (Å²) in [4.78, 5) is 0. The molecule has 0 aliphatic carbocycles. The van der Waals surface area contributed by atoms with Crippen LogP contribution in [-0.4, -0.2) is 24.1 Å². The molecule has 2 heteroatoms. The van der Waals surface area contributed by atoms with E-state index in [-0.39, 0.29) is 0 Å². The molecular weight excluding hydrogens is 178 g/mol. The molecule has 1 nitrogen and oxygen atoms in total. The van der Waals surface area contributed by atoms with E-state index in [4.69, 9.17) is 0 Å². The second kappa shape index (κ2) is 8.89. The summed E-state index contributed by atoms with van der Waals surface area (Å²) < 4.78 is 0. The molecule has 0 bridgehead atoms. The Hall–Kier alpha value is 0.310. The zero-order valence-electron chi connectivity index (χ0n) is 9.60. The van der Waals surface area contributed by atoms with Crippen LogP contribution < -0.4 is 5.32 Å². The first-order valence-electron chi connectivity index (χ1n) is 5.57. The Morgan fingerprint density at radius 2 is 1.92 bits per heavy atom. The third kappa shape index (κ3) is 6.39. The van der Waals surface area contributed by atoms with Gasteiger partial charge in [0.2, 0.25) is 0 Å². The monoisotopic (exact) mass is 203 g/mol. The van der Waals surface area contributed by atoms with Gasteiger partial charge in [-0.2, -0.15) is 11.8 Å². The molecule has 1 N–H and O–H groups in total. The van der Waals surface area contributed by atoms with Crippen molar-refractivity contribution in [3.8, 4) is 0 Å². The summed E-state index contributed by atoms with van der Waals surface area (Å²) in [7, 11) is 0. The summed E-state index contributed by atoms with van der Waals surface area (Å²) in [5, 5.41) is 3.55. The molecule has 0 spiro atoms. The summed E-state index contributed by atoms with van der Waals surface area (Å²) in [5.41, 5.74) is 0. The molecule has 0 radical (unpaired) electrons. The third-order valence-electron chi connectivity index (χ3n) is 2.51. The molecule has 0 fully saturated rings. The SMILES string of the molecule is CCNC(CC)C(C)CCSCC. The van der Waals surface area contributed by atoms with Crippen LogP contribution in [0.4, 0.5) is 0 Å². The van der Waals surface area contributed by atoms with E-state index >= 15 is 0 Å². The molecule has 80 valence electrons. The largest absolute Gasteiger partial charge is 0.314 e. The number of thioether (sulfide) groups is 1. The molecule has 0 amide bonds. The summed E-state index contributed by atoms with van der Waals surface area (Å²) in [6.45, 7) is 10.2. The summed E-state index contributed by atoms with van der Waals surface area (Å²) >= 11 is 2.05. The molecule has 0 heterocycles. The lowest BCUT2D eigenvalue weighted by molar-refractivity contribution is 0.366. The van der Waals surface area contributed by atoms with Crippen LogP contribution in [0.25, 0.3) is 0 Å². The number of hydrogen-bond acceptors (Lipinski definition) is 2. The Balaban J connectivity index is 3.57. The van der Waals surface area contributed by atoms with E-state index in [1.54, 1.807) is 0 Å². The standard InChI is InChI=1S/C11H25NS/c1-5-11(12-6-2)10(4)8-9-13-7-3/h10-12H,5-9H2,1-4H3. The highest BCUT2D eigenvalue weighted by atomic mass is 32.2. The molecule has 13 heavy (non-hydrogen) atoms. The van der Waals surface area contributed by atoms with E-state index in [0.29, 0.717) is 0 Å². The smallest absolute Gasteiger partial charge is 0.00902 e. The molecule has 0 saturated carbocycles. The lowest BCUT2D eigenvalue weighted by atomic mass is 9.97. The molecule has 0 saturated heterocycles. The summed E-state index contributed by atoms with van der Waals surface area (Å²) in [5.74, 6) is 3.40. The van der Waals surface area contributed by atoms with Gasteiger partial charge >= 0.3 is 0 Å². The average molecular weight is 203 g/mol. The molecule has 0 aromatic carbocycles. The van der Waals surface area contributed by atoms with Gasteiger partial charge in [-0.3, -0.25) is 0 Å². The fourth-order valence-electron chi connectivity index (χ4n) is 1.62. The van der Waals surface area contributed by atoms with Crippen molar-refractivity contribution in [2.45, 2.75) is 46.6 Å². The summed E-state index contributed by atoms with van der Waals surface area (Å²) in [6, 6.07) is 0.724. The molecular formula is C11H25NS. The zero-order valence-corrected chi connectivity index (χ0v) is 10.4. The van der Waals surface area contributed by atoms with Crippen LogP contribution in [0, 0.1) is 5.92 Å².